The summed E-state index contributed by atoms with van der Waals surface area (Å²) >= 11 is 0. The van der Waals surface area contributed by atoms with Crippen molar-refractivity contribution in [2.24, 2.45) is 0 Å². The van der Waals surface area contributed by atoms with E-state index in [0.29, 0.717) is 11.3 Å². The molecule has 0 radical (unpaired) electrons. The summed E-state index contributed by atoms with van der Waals surface area (Å²) in [6.45, 7) is 1.61. The summed E-state index contributed by atoms with van der Waals surface area (Å²) < 4.78 is 18.2. The fourth-order valence-corrected chi connectivity index (χ4v) is 1.95. The van der Waals surface area contributed by atoms with E-state index in [0.717, 1.165) is 5.56 Å². The van der Waals surface area contributed by atoms with E-state index in [2.05, 4.69) is 5.32 Å². The largest absolute Gasteiger partial charge is 0.482 e. The number of nitrogens with one attached hydrogen (secondary N) is 1. The molecule has 0 bridgehead atoms. The average Bonchev–Trinajstić information content (AvgIpc) is 2.53. The van der Waals surface area contributed by atoms with Crippen molar-refractivity contribution in [2.45, 2.75) is 13.0 Å². The van der Waals surface area contributed by atoms with Gasteiger partial charge in [-0.05, 0) is 36.8 Å². The molecule has 0 saturated heterocycles. The monoisotopic (exact) mass is 298 g/mol. The maximum atomic E-state index is 12.9. The van der Waals surface area contributed by atoms with Gasteiger partial charge in [-0.15, -0.1) is 0 Å². The van der Waals surface area contributed by atoms with Crippen LogP contribution in [0, 0.1) is 17.1 Å². The summed E-state index contributed by atoms with van der Waals surface area (Å²) in [4.78, 5) is 11.9. The SMILES string of the molecule is C[C@H](NC(=O)COc1ccccc1C#N)c1ccc(F)cc1. The predicted molar refractivity (Wildman–Crippen MR) is 79.6 cm³/mol. The Balaban J connectivity index is 1.90. The van der Waals surface area contributed by atoms with Gasteiger partial charge in [0.15, 0.2) is 6.61 Å². The maximum absolute atomic E-state index is 12.9. The number of hydrogen-bond donors (Lipinski definition) is 1. The molecule has 0 saturated carbocycles. The van der Waals surface area contributed by atoms with E-state index in [9.17, 15) is 9.18 Å². The number of carbonyl (C=O) groups is 1. The van der Waals surface area contributed by atoms with Crippen LogP contribution in [0.4, 0.5) is 4.39 Å². The molecule has 4 nitrogen and oxygen atoms in total. The Hall–Kier alpha value is -2.87. The summed E-state index contributed by atoms with van der Waals surface area (Å²) in [6.07, 6.45) is 0. The molecule has 1 amide bonds. The Morgan fingerprint density at radius 1 is 1.27 bits per heavy atom. The first kappa shape index (κ1) is 15.5. The topological polar surface area (TPSA) is 62.1 Å². The first-order chi connectivity index (χ1) is 10.6. The molecular formula is C17H15FN2O2. The Morgan fingerprint density at radius 2 is 1.95 bits per heavy atom. The lowest BCUT2D eigenvalue weighted by atomic mass is 10.1. The molecule has 0 unspecified atom stereocenters. The van der Waals surface area contributed by atoms with E-state index in [4.69, 9.17) is 10.00 Å². The average molecular weight is 298 g/mol. The Morgan fingerprint density at radius 3 is 2.64 bits per heavy atom. The Bertz CT molecular complexity index is 693. The van der Waals surface area contributed by atoms with Gasteiger partial charge in [0, 0.05) is 0 Å². The summed E-state index contributed by atoms with van der Waals surface area (Å²) in [6, 6.07) is 14.4. The summed E-state index contributed by atoms with van der Waals surface area (Å²) in [5, 5.41) is 11.7. The zero-order valence-corrected chi connectivity index (χ0v) is 12.0. The van der Waals surface area contributed by atoms with E-state index in [1.807, 2.05) is 6.07 Å². The van der Waals surface area contributed by atoms with Gasteiger partial charge in [-0.3, -0.25) is 4.79 Å². The lowest BCUT2D eigenvalue weighted by Crippen LogP contribution is -2.31. The van der Waals surface area contributed by atoms with Crippen molar-refractivity contribution in [1.29, 1.82) is 5.26 Å². The smallest absolute Gasteiger partial charge is 0.258 e. The minimum Gasteiger partial charge on any atom is -0.482 e. The summed E-state index contributed by atoms with van der Waals surface area (Å²) in [5.74, 6) is -0.266. The molecule has 1 atom stereocenters. The molecule has 1 N–H and O–H groups in total. The molecule has 0 heterocycles. The van der Waals surface area contributed by atoms with Gasteiger partial charge < -0.3 is 10.1 Å². The number of ether oxygens (including phenoxy) is 1. The molecule has 2 aromatic carbocycles. The van der Waals surface area contributed by atoms with Crippen LogP contribution < -0.4 is 10.1 Å². The molecule has 5 heteroatoms. The lowest BCUT2D eigenvalue weighted by molar-refractivity contribution is -0.123. The van der Waals surface area contributed by atoms with Gasteiger partial charge >= 0.3 is 0 Å². The molecular weight excluding hydrogens is 283 g/mol. The van der Waals surface area contributed by atoms with Crippen molar-refractivity contribution in [3.63, 3.8) is 0 Å². The van der Waals surface area contributed by atoms with E-state index in [-0.39, 0.29) is 24.4 Å². The quantitative estimate of drug-likeness (QED) is 0.923. The lowest BCUT2D eigenvalue weighted by Gasteiger charge is -2.15. The summed E-state index contributed by atoms with van der Waals surface area (Å²) in [7, 11) is 0. The predicted octanol–water partition coefficient (Wildman–Crippen LogP) is 2.95. The second-order valence-electron chi connectivity index (χ2n) is 4.74. The molecule has 0 aliphatic rings. The van der Waals surface area contributed by atoms with Gasteiger partial charge in [0.25, 0.3) is 5.91 Å². The molecule has 2 rings (SSSR count). The van der Waals surface area contributed by atoms with Crippen LogP contribution in [0.5, 0.6) is 5.75 Å². The van der Waals surface area contributed by atoms with Gasteiger partial charge in [-0.25, -0.2) is 4.39 Å². The number of hydrogen-bond acceptors (Lipinski definition) is 3. The second kappa shape index (κ2) is 7.23. The van der Waals surface area contributed by atoms with Gasteiger partial charge in [-0.1, -0.05) is 24.3 Å². The maximum Gasteiger partial charge on any atom is 0.258 e. The molecule has 0 fully saturated rings. The molecule has 22 heavy (non-hydrogen) atoms. The highest BCUT2D eigenvalue weighted by Gasteiger charge is 2.11. The molecule has 112 valence electrons. The third kappa shape index (κ3) is 4.06. The van der Waals surface area contributed by atoms with Crippen molar-refractivity contribution in [2.75, 3.05) is 6.61 Å². The molecule has 0 aliphatic heterocycles. The fourth-order valence-electron chi connectivity index (χ4n) is 1.95. The number of benzene rings is 2. The van der Waals surface area contributed by atoms with Crippen molar-refractivity contribution in [3.05, 3.63) is 65.5 Å². The van der Waals surface area contributed by atoms with Crippen LogP contribution >= 0.6 is 0 Å². The van der Waals surface area contributed by atoms with Crippen LogP contribution in [0.3, 0.4) is 0 Å². The molecule has 0 aliphatic carbocycles. The van der Waals surface area contributed by atoms with Crippen LogP contribution in [-0.2, 0) is 4.79 Å². The molecule has 0 spiro atoms. The third-order valence-electron chi connectivity index (χ3n) is 3.11. The van der Waals surface area contributed by atoms with Gasteiger partial charge in [-0.2, -0.15) is 5.26 Å². The first-order valence-electron chi connectivity index (χ1n) is 6.77. The minimum atomic E-state index is -0.321. The van der Waals surface area contributed by atoms with Crippen LogP contribution in [0.25, 0.3) is 0 Å². The van der Waals surface area contributed by atoms with Gasteiger partial charge in [0.2, 0.25) is 0 Å². The highest BCUT2D eigenvalue weighted by atomic mass is 19.1. The summed E-state index contributed by atoms with van der Waals surface area (Å²) in [5.41, 5.74) is 1.18. The number of rotatable bonds is 5. The van der Waals surface area contributed by atoms with Crippen LogP contribution in [0.15, 0.2) is 48.5 Å². The van der Waals surface area contributed by atoms with Crippen LogP contribution in [-0.4, -0.2) is 12.5 Å². The van der Waals surface area contributed by atoms with E-state index >= 15 is 0 Å². The van der Waals surface area contributed by atoms with E-state index < -0.39 is 0 Å². The standard InChI is InChI=1S/C17H15FN2O2/c1-12(13-6-8-15(18)9-7-13)20-17(21)11-22-16-5-3-2-4-14(16)10-19/h2-9,12H,11H2,1H3,(H,20,21)/t12-/m0/s1. The fraction of sp³-hybridized carbons (Fsp3) is 0.176. The number of halogens is 1. The van der Waals surface area contributed by atoms with Crippen LogP contribution in [0.2, 0.25) is 0 Å². The van der Waals surface area contributed by atoms with Gasteiger partial charge in [0.1, 0.15) is 17.6 Å². The highest BCUT2D eigenvalue weighted by Crippen LogP contribution is 2.16. The Labute approximate surface area is 128 Å². The number of nitrogens with zero attached hydrogens (tertiary/aromatic N) is 1. The van der Waals surface area contributed by atoms with Gasteiger partial charge in [0.05, 0.1) is 11.6 Å². The van der Waals surface area contributed by atoms with E-state index in [1.54, 1.807) is 43.3 Å². The number of para-hydroxylation sites is 1. The zero-order valence-electron chi connectivity index (χ0n) is 12.0. The third-order valence-corrected chi connectivity index (χ3v) is 3.11. The van der Waals surface area contributed by atoms with Crippen molar-refractivity contribution < 1.29 is 13.9 Å². The highest BCUT2D eigenvalue weighted by molar-refractivity contribution is 5.78. The molecule has 0 aromatic heterocycles. The van der Waals surface area contributed by atoms with Crippen LogP contribution in [0.1, 0.15) is 24.1 Å². The van der Waals surface area contributed by atoms with E-state index in [1.165, 1.54) is 12.1 Å². The molecule has 2 aromatic rings. The number of carbonyl (C=O) groups excluding carboxylic acids is 1. The van der Waals surface area contributed by atoms with Crippen molar-refractivity contribution >= 4 is 5.91 Å². The second-order valence-corrected chi connectivity index (χ2v) is 4.74. The number of amides is 1. The normalized spacial score (nSPS) is 11.3. The minimum absolute atomic E-state index is 0.190. The van der Waals surface area contributed by atoms with Crippen molar-refractivity contribution in [3.8, 4) is 11.8 Å². The Kier molecular flexibility index (Phi) is 5.10. The van der Waals surface area contributed by atoms with Crippen molar-refractivity contribution in [1.82, 2.24) is 5.32 Å². The zero-order chi connectivity index (χ0) is 15.9. The first-order valence-corrected chi connectivity index (χ1v) is 6.77. The number of nitriles is 1.